The third kappa shape index (κ3) is 3.98. The summed E-state index contributed by atoms with van der Waals surface area (Å²) in [6.45, 7) is 7.25. The van der Waals surface area contributed by atoms with Crippen molar-refractivity contribution in [2.45, 2.75) is 38.6 Å². The van der Waals surface area contributed by atoms with Gasteiger partial charge in [0.05, 0.1) is 17.4 Å². The number of phenolic OH excluding ortho intramolecular Hbond substituents is 1. The zero-order valence-electron chi connectivity index (χ0n) is 18.6. The Labute approximate surface area is 188 Å². The van der Waals surface area contributed by atoms with Crippen LogP contribution in [0.1, 0.15) is 54.6 Å². The lowest BCUT2D eigenvalue weighted by Crippen LogP contribution is -2.49. The first-order valence-electron chi connectivity index (χ1n) is 10.9. The maximum atomic E-state index is 10.8. The minimum Gasteiger partial charge on any atom is -0.508 e. The van der Waals surface area contributed by atoms with E-state index in [1.165, 1.54) is 0 Å². The van der Waals surface area contributed by atoms with Gasteiger partial charge in [-0.15, -0.1) is 0 Å². The number of nitrogens with zero attached hydrogens (tertiary/aromatic N) is 2. The number of carboxylic acids is 1. The monoisotopic (exact) mass is 428 g/mol. The molecule has 4 rings (SSSR count). The third-order valence-corrected chi connectivity index (χ3v) is 6.32. The number of hydrogen-bond acceptors (Lipinski definition) is 4. The molecule has 0 saturated heterocycles. The number of carbonyl (C=O) groups is 1. The summed E-state index contributed by atoms with van der Waals surface area (Å²) in [5.74, 6) is -0.325. The minimum atomic E-state index is -0.967. The van der Waals surface area contributed by atoms with Gasteiger partial charge in [0.25, 0.3) is 0 Å². The van der Waals surface area contributed by atoms with E-state index in [0.717, 1.165) is 52.7 Å². The Bertz CT molecular complexity index is 1150. The van der Waals surface area contributed by atoms with Gasteiger partial charge in [0, 0.05) is 18.3 Å². The van der Waals surface area contributed by atoms with Crippen molar-refractivity contribution in [3.63, 3.8) is 0 Å². The number of fused-ring (bicyclic) bond motifs is 1. The van der Waals surface area contributed by atoms with Crippen molar-refractivity contribution in [3.8, 4) is 5.75 Å². The predicted molar refractivity (Wildman–Crippen MR) is 127 cm³/mol. The highest BCUT2D eigenvalue weighted by Crippen LogP contribution is 2.44. The molecule has 1 aromatic heterocycles. The Kier molecular flexibility index (Phi) is 5.74. The first kappa shape index (κ1) is 21.6. The number of anilines is 1. The van der Waals surface area contributed by atoms with E-state index in [4.69, 9.17) is 10.1 Å². The topological polar surface area (TPSA) is 73.7 Å². The van der Waals surface area contributed by atoms with Crippen LogP contribution in [0.15, 0.2) is 66.9 Å². The van der Waals surface area contributed by atoms with Crippen LogP contribution >= 0.6 is 0 Å². The van der Waals surface area contributed by atoms with Gasteiger partial charge in [-0.3, -0.25) is 4.98 Å². The summed E-state index contributed by atoms with van der Waals surface area (Å²) in [7, 11) is 0. The van der Waals surface area contributed by atoms with Gasteiger partial charge in [-0.05, 0) is 71.9 Å². The van der Waals surface area contributed by atoms with Crippen LogP contribution in [0.4, 0.5) is 5.69 Å². The number of aliphatic carboxylic acids is 1. The second-order valence-electron chi connectivity index (χ2n) is 8.70. The molecule has 2 heterocycles. The molecular weight excluding hydrogens is 400 g/mol. The van der Waals surface area contributed by atoms with Gasteiger partial charge in [0.1, 0.15) is 5.75 Å². The fourth-order valence-electron chi connectivity index (χ4n) is 4.55. The molecule has 3 aromatic rings. The SMILES string of the molecule is CC(C)c1ccc(N2CCc3cc(O)ccc3C2(C)c2ccc(C=CC(=O)O)cc2)cn1. The molecule has 2 N–H and O–H groups in total. The zero-order valence-corrected chi connectivity index (χ0v) is 18.6. The quantitative estimate of drug-likeness (QED) is 0.537. The number of carboxylic acid groups (broad SMARTS) is 1. The standard InChI is InChI=1S/C27H28N2O3/c1-18(2)25-12-9-22(17-28-25)29-15-14-20-16-23(30)10-11-24(20)27(29,3)21-7-4-19(5-8-21)6-13-26(31)32/h4-13,16-18,30H,14-15H2,1-3H3,(H,31,32). The second-order valence-corrected chi connectivity index (χ2v) is 8.70. The van der Waals surface area contributed by atoms with E-state index >= 15 is 0 Å². The van der Waals surface area contributed by atoms with E-state index in [9.17, 15) is 9.90 Å². The van der Waals surface area contributed by atoms with Crippen molar-refractivity contribution in [2.75, 3.05) is 11.4 Å². The molecule has 1 unspecified atom stereocenters. The minimum absolute atomic E-state index is 0.275. The Morgan fingerprint density at radius 2 is 1.88 bits per heavy atom. The van der Waals surface area contributed by atoms with Gasteiger partial charge >= 0.3 is 5.97 Å². The van der Waals surface area contributed by atoms with Crippen LogP contribution < -0.4 is 4.90 Å². The molecule has 164 valence electrons. The molecular formula is C27H28N2O3. The first-order chi connectivity index (χ1) is 15.3. The van der Waals surface area contributed by atoms with Gasteiger partial charge < -0.3 is 15.1 Å². The molecule has 5 nitrogen and oxygen atoms in total. The number of aromatic nitrogens is 1. The van der Waals surface area contributed by atoms with Crippen LogP contribution in [0.2, 0.25) is 0 Å². The maximum absolute atomic E-state index is 10.8. The normalized spacial score (nSPS) is 18.2. The van der Waals surface area contributed by atoms with E-state index < -0.39 is 11.5 Å². The lowest BCUT2D eigenvalue weighted by Gasteiger charge is -2.48. The van der Waals surface area contributed by atoms with Crippen molar-refractivity contribution in [1.29, 1.82) is 0 Å². The highest BCUT2D eigenvalue weighted by molar-refractivity contribution is 5.85. The van der Waals surface area contributed by atoms with E-state index in [-0.39, 0.29) is 5.75 Å². The molecule has 0 radical (unpaired) electrons. The molecule has 0 fully saturated rings. The number of pyridine rings is 1. The van der Waals surface area contributed by atoms with Gasteiger partial charge in [0.15, 0.2) is 0 Å². The molecule has 0 spiro atoms. The van der Waals surface area contributed by atoms with E-state index in [0.29, 0.717) is 5.92 Å². The van der Waals surface area contributed by atoms with Crippen LogP contribution in [0.5, 0.6) is 5.75 Å². The fourth-order valence-corrected chi connectivity index (χ4v) is 4.55. The number of rotatable bonds is 5. The first-order valence-corrected chi connectivity index (χ1v) is 10.9. The summed E-state index contributed by atoms with van der Waals surface area (Å²) in [5, 5.41) is 19.0. The van der Waals surface area contributed by atoms with E-state index in [1.54, 1.807) is 12.1 Å². The lowest BCUT2D eigenvalue weighted by molar-refractivity contribution is -0.131. The molecule has 5 heteroatoms. The Hall–Kier alpha value is -3.60. The summed E-state index contributed by atoms with van der Waals surface area (Å²) < 4.78 is 0. The van der Waals surface area contributed by atoms with Crippen molar-refractivity contribution >= 4 is 17.7 Å². The van der Waals surface area contributed by atoms with Crippen LogP contribution in [-0.2, 0) is 16.8 Å². The molecule has 0 amide bonds. The molecule has 0 bridgehead atoms. The van der Waals surface area contributed by atoms with Crippen molar-refractivity contribution in [3.05, 3.63) is 94.8 Å². The molecule has 1 aliphatic rings. The summed E-state index contributed by atoms with van der Waals surface area (Å²) in [6.07, 6.45) is 5.50. The van der Waals surface area contributed by atoms with E-state index in [1.807, 2.05) is 42.6 Å². The van der Waals surface area contributed by atoms with Gasteiger partial charge in [-0.25, -0.2) is 4.79 Å². The van der Waals surface area contributed by atoms with Crippen molar-refractivity contribution in [2.24, 2.45) is 0 Å². The highest BCUT2D eigenvalue weighted by atomic mass is 16.4. The predicted octanol–water partition coefficient (Wildman–Crippen LogP) is 5.33. The zero-order chi connectivity index (χ0) is 22.9. The molecule has 32 heavy (non-hydrogen) atoms. The Balaban J connectivity index is 1.81. The molecule has 1 atom stereocenters. The summed E-state index contributed by atoms with van der Waals surface area (Å²) in [6, 6.07) is 17.8. The Morgan fingerprint density at radius 1 is 1.12 bits per heavy atom. The summed E-state index contributed by atoms with van der Waals surface area (Å²) in [5.41, 5.74) is 5.82. The van der Waals surface area contributed by atoms with Crippen LogP contribution in [0.3, 0.4) is 0 Å². The molecule has 0 saturated carbocycles. The van der Waals surface area contributed by atoms with Crippen molar-refractivity contribution < 1.29 is 15.0 Å². The number of hydrogen-bond donors (Lipinski definition) is 2. The van der Waals surface area contributed by atoms with Crippen molar-refractivity contribution in [1.82, 2.24) is 4.98 Å². The second kappa shape index (κ2) is 8.50. The van der Waals surface area contributed by atoms with Crippen LogP contribution in [0, 0.1) is 0 Å². The fraction of sp³-hybridized carbons (Fsp3) is 0.259. The average Bonchev–Trinajstić information content (AvgIpc) is 2.78. The number of aromatic hydroxyl groups is 1. The van der Waals surface area contributed by atoms with Crippen LogP contribution in [-0.4, -0.2) is 27.7 Å². The summed E-state index contributed by atoms with van der Waals surface area (Å²) >= 11 is 0. The van der Waals surface area contributed by atoms with Gasteiger partial charge in [-0.2, -0.15) is 0 Å². The summed E-state index contributed by atoms with van der Waals surface area (Å²) in [4.78, 5) is 17.9. The van der Waals surface area contributed by atoms with Crippen LogP contribution in [0.25, 0.3) is 6.08 Å². The smallest absolute Gasteiger partial charge is 0.328 e. The van der Waals surface area contributed by atoms with Gasteiger partial charge in [-0.1, -0.05) is 44.2 Å². The third-order valence-electron chi connectivity index (χ3n) is 6.32. The lowest BCUT2D eigenvalue weighted by atomic mass is 9.76. The average molecular weight is 429 g/mol. The van der Waals surface area contributed by atoms with Gasteiger partial charge in [0.2, 0.25) is 0 Å². The Morgan fingerprint density at radius 3 is 2.50 bits per heavy atom. The number of phenols is 1. The van der Waals surface area contributed by atoms with E-state index in [2.05, 4.69) is 37.8 Å². The highest BCUT2D eigenvalue weighted by Gasteiger charge is 2.40. The molecule has 2 aromatic carbocycles. The molecule has 0 aliphatic carbocycles. The largest absolute Gasteiger partial charge is 0.508 e. The number of benzene rings is 2. The molecule has 1 aliphatic heterocycles. The maximum Gasteiger partial charge on any atom is 0.328 e.